The Morgan fingerprint density at radius 2 is 1.94 bits per heavy atom. The fraction of sp³-hybridized carbons (Fsp3) is 0.385. The van der Waals surface area contributed by atoms with Gasteiger partial charge in [0.05, 0.1) is 0 Å². The van der Waals surface area contributed by atoms with E-state index in [1.807, 2.05) is 6.92 Å². The van der Waals surface area contributed by atoms with E-state index in [1.54, 1.807) is 6.07 Å². The Labute approximate surface area is 101 Å². The third kappa shape index (κ3) is 2.41. The standard InChI is InChI=1S/C13H15FO2S/c1-9-8-10(14)6-7-11(9)12-4-3-5-13(12)17(2,15)16/h6-8H,3-5H2,1-2H3. The van der Waals surface area contributed by atoms with E-state index in [2.05, 4.69) is 0 Å². The van der Waals surface area contributed by atoms with Crippen LogP contribution in [-0.4, -0.2) is 14.7 Å². The summed E-state index contributed by atoms with van der Waals surface area (Å²) in [5.41, 5.74) is 2.53. The lowest BCUT2D eigenvalue weighted by Crippen LogP contribution is -2.01. The lowest BCUT2D eigenvalue weighted by molar-refractivity contribution is 0.606. The third-order valence-electron chi connectivity index (χ3n) is 3.13. The Hall–Kier alpha value is -1.16. The highest BCUT2D eigenvalue weighted by atomic mass is 32.2. The summed E-state index contributed by atoms with van der Waals surface area (Å²) in [6, 6.07) is 4.50. The van der Waals surface area contributed by atoms with Crippen LogP contribution in [0, 0.1) is 12.7 Å². The minimum absolute atomic E-state index is 0.286. The van der Waals surface area contributed by atoms with Gasteiger partial charge >= 0.3 is 0 Å². The van der Waals surface area contributed by atoms with Crippen molar-refractivity contribution < 1.29 is 12.8 Å². The van der Waals surface area contributed by atoms with Crippen molar-refractivity contribution >= 4 is 15.4 Å². The van der Waals surface area contributed by atoms with Crippen LogP contribution in [0.4, 0.5) is 4.39 Å². The number of allylic oxidation sites excluding steroid dienone is 2. The average molecular weight is 254 g/mol. The molecule has 0 aliphatic heterocycles. The zero-order valence-corrected chi connectivity index (χ0v) is 10.8. The van der Waals surface area contributed by atoms with Crippen molar-refractivity contribution in [1.82, 2.24) is 0 Å². The second kappa shape index (κ2) is 4.26. The molecule has 0 aromatic heterocycles. The SMILES string of the molecule is Cc1cc(F)ccc1C1=C(S(C)(=O)=O)CCC1. The summed E-state index contributed by atoms with van der Waals surface area (Å²) < 4.78 is 36.4. The molecule has 17 heavy (non-hydrogen) atoms. The Kier molecular flexibility index (Phi) is 3.08. The molecule has 0 spiro atoms. The fourth-order valence-electron chi connectivity index (χ4n) is 2.38. The molecule has 0 amide bonds. The Morgan fingerprint density at radius 3 is 2.53 bits per heavy atom. The zero-order chi connectivity index (χ0) is 12.6. The molecular weight excluding hydrogens is 239 g/mol. The molecule has 0 radical (unpaired) electrons. The van der Waals surface area contributed by atoms with Gasteiger partial charge in [-0.1, -0.05) is 6.07 Å². The minimum Gasteiger partial charge on any atom is -0.224 e. The summed E-state index contributed by atoms with van der Waals surface area (Å²) in [6.07, 6.45) is 3.46. The molecule has 0 bridgehead atoms. The molecule has 1 aromatic rings. The van der Waals surface area contributed by atoms with E-state index in [1.165, 1.54) is 18.4 Å². The lowest BCUT2D eigenvalue weighted by Gasteiger charge is -2.09. The maximum atomic E-state index is 13.0. The van der Waals surface area contributed by atoms with Crippen LogP contribution in [0.5, 0.6) is 0 Å². The Bertz CT molecular complexity index is 585. The van der Waals surface area contributed by atoms with Crippen molar-refractivity contribution in [1.29, 1.82) is 0 Å². The molecule has 2 rings (SSSR count). The van der Waals surface area contributed by atoms with Crippen LogP contribution in [0.15, 0.2) is 23.1 Å². The molecule has 0 fully saturated rings. The molecule has 92 valence electrons. The Morgan fingerprint density at radius 1 is 1.24 bits per heavy atom. The summed E-state index contributed by atoms with van der Waals surface area (Å²) in [5, 5.41) is 0. The molecular formula is C13H15FO2S. The van der Waals surface area contributed by atoms with Crippen molar-refractivity contribution in [3.8, 4) is 0 Å². The van der Waals surface area contributed by atoms with Crippen molar-refractivity contribution in [2.45, 2.75) is 26.2 Å². The van der Waals surface area contributed by atoms with E-state index < -0.39 is 9.84 Å². The van der Waals surface area contributed by atoms with Gasteiger partial charge in [-0.25, -0.2) is 12.8 Å². The quantitative estimate of drug-likeness (QED) is 0.812. The van der Waals surface area contributed by atoms with E-state index in [9.17, 15) is 12.8 Å². The van der Waals surface area contributed by atoms with Crippen molar-refractivity contribution in [3.63, 3.8) is 0 Å². The van der Waals surface area contributed by atoms with Gasteiger partial charge in [-0.05, 0) is 55.0 Å². The molecule has 1 aliphatic carbocycles. The topological polar surface area (TPSA) is 34.1 Å². The molecule has 2 nitrogen and oxygen atoms in total. The first-order valence-corrected chi connectivity index (χ1v) is 7.47. The molecule has 0 saturated carbocycles. The van der Waals surface area contributed by atoms with Gasteiger partial charge in [-0.2, -0.15) is 0 Å². The van der Waals surface area contributed by atoms with E-state index in [0.29, 0.717) is 11.3 Å². The highest BCUT2D eigenvalue weighted by molar-refractivity contribution is 7.94. The fourth-order valence-corrected chi connectivity index (χ4v) is 3.55. The smallest absolute Gasteiger partial charge is 0.172 e. The van der Waals surface area contributed by atoms with Gasteiger partial charge in [0.1, 0.15) is 5.82 Å². The molecule has 0 saturated heterocycles. The summed E-state index contributed by atoms with van der Waals surface area (Å²) in [4.78, 5) is 0.521. The van der Waals surface area contributed by atoms with E-state index >= 15 is 0 Å². The molecule has 1 aromatic carbocycles. The first kappa shape index (κ1) is 12.3. The first-order valence-electron chi connectivity index (χ1n) is 5.58. The van der Waals surface area contributed by atoms with Crippen LogP contribution >= 0.6 is 0 Å². The minimum atomic E-state index is -3.14. The van der Waals surface area contributed by atoms with Gasteiger partial charge in [0, 0.05) is 11.2 Å². The van der Waals surface area contributed by atoms with Crippen molar-refractivity contribution in [3.05, 3.63) is 40.0 Å². The number of halogens is 1. The van der Waals surface area contributed by atoms with Gasteiger partial charge in [-0.15, -0.1) is 0 Å². The Balaban J connectivity index is 2.60. The molecule has 0 unspecified atom stereocenters. The van der Waals surface area contributed by atoms with E-state index in [0.717, 1.165) is 29.5 Å². The van der Waals surface area contributed by atoms with Crippen LogP contribution in [0.2, 0.25) is 0 Å². The van der Waals surface area contributed by atoms with Crippen LogP contribution in [0.3, 0.4) is 0 Å². The normalized spacial score (nSPS) is 16.6. The lowest BCUT2D eigenvalue weighted by atomic mass is 10.0. The van der Waals surface area contributed by atoms with Gasteiger partial charge < -0.3 is 0 Å². The maximum absolute atomic E-state index is 13.0. The third-order valence-corrected chi connectivity index (χ3v) is 4.47. The highest BCUT2D eigenvalue weighted by Crippen LogP contribution is 2.37. The predicted molar refractivity (Wildman–Crippen MR) is 66.8 cm³/mol. The van der Waals surface area contributed by atoms with Gasteiger partial charge in [0.2, 0.25) is 0 Å². The largest absolute Gasteiger partial charge is 0.224 e. The highest BCUT2D eigenvalue weighted by Gasteiger charge is 2.24. The van der Waals surface area contributed by atoms with Gasteiger partial charge in [-0.3, -0.25) is 0 Å². The molecule has 0 N–H and O–H groups in total. The number of aryl methyl sites for hydroxylation is 1. The predicted octanol–water partition coefficient (Wildman–Crippen LogP) is 3.07. The van der Waals surface area contributed by atoms with Crippen molar-refractivity contribution in [2.75, 3.05) is 6.26 Å². The molecule has 0 atom stereocenters. The summed E-state index contributed by atoms with van der Waals surface area (Å²) >= 11 is 0. The summed E-state index contributed by atoms with van der Waals surface area (Å²) in [5.74, 6) is -0.286. The number of benzene rings is 1. The number of hydrogen-bond donors (Lipinski definition) is 0. The molecule has 1 aliphatic rings. The van der Waals surface area contributed by atoms with Crippen molar-refractivity contribution in [2.24, 2.45) is 0 Å². The zero-order valence-electron chi connectivity index (χ0n) is 9.96. The monoisotopic (exact) mass is 254 g/mol. The number of hydrogen-bond acceptors (Lipinski definition) is 2. The first-order chi connectivity index (χ1) is 7.89. The number of rotatable bonds is 2. The molecule has 0 heterocycles. The second-order valence-corrected chi connectivity index (χ2v) is 6.52. The average Bonchev–Trinajstić information content (AvgIpc) is 2.65. The van der Waals surface area contributed by atoms with Crippen LogP contribution < -0.4 is 0 Å². The molecule has 4 heteroatoms. The van der Waals surface area contributed by atoms with E-state index in [-0.39, 0.29) is 5.82 Å². The van der Waals surface area contributed by atoms with Gasteiger partial charge in [0.25, 0.3) is 0 Å². The second-order valence-electron chi connectivity index (χ2n) is 4.49. The number of sulfone groups is 1. The summed E-state index contributed by atoms with van der Waals surface area (Å²) in [6.45, 7) is 1.81. The van der Waals surface area contributed by atoms with Crippen LogP contribution in [0.25, 0.3) is 5.57 Å². The van der Waals surface area contributed by atoms with E-state index in [4.69, 9.17) is 0 Å². The van der Waals surface area contributed by atoms with Gasteiger partial charge in [0.15, 0.2) is 9.84 Å². The summed E-state index contributed by atoms with van der Waals surface area (Å²) in [7, 11) is -3.14. The van der Waals surface area contributed by atoms with Crippen LogP contribution in [0.1, 0.15) is 30.4 Å². The van der Waals surface area contributed by atoms with Crippen LogP contribution in [-0.2, 0) is 9.84 Å². The maximum Gasteiger partial charge on any atom is 0.172 e.